The van der Waals surface area contributed by atoms with Gasteiger partial charge in [-0.3, -0.25) is 0 Å². The number of likely N-dealkylation sites (N-methyl/N-ethyl adjacent to an activating group) is 1. The van der Waals surface area contributed by atoms with Crippen molar-refractivity contribution in [1.82, 2.24) is 9.21 Å². The number of piperazine rings is 1. The van der Waals surface area contributed by atoms with Crippen molar-refractivity contribution in [3.05, 3.63) is 0 Å². The summed E-state index contributed by atoms with van der Waals surface area (Å²) in [6.07, 6.45) is 1.75. The van der Waals surface area contributed by atoms with E-state index in [0.29, 0.717) is 6.42 Å². The number of nitrogens with zero attached hydrogens (tertiary/aromatic N) is 2. The molecule has 0 aromatic rings. The van der Waals surface area contributed by atoms with Gasteiger partial charge in [0.1, 0.15) is 0 Å². The van der Waals surface area contributed by atoms with Gasteiger partial charge in [0.15, 0.2) is 0 Å². The summed E-state index contributed by atoms with van der Waals surface area (Å²) in [7, 11) is 2.15. The molecule has 1 rings (SSSR count). The van der Waals surface area contributed by atoms with Crippen LogP contribution in [0.5, 0.6) is 0 Å². The van der Waals surface area contributed by atoms with Crippen LogP contribution < -0.4 is 0 Å². The topological polar surface area (TPSA) is 6.48 Å². The molecule has 0 bridgehead atoms. The molecule has 0 spiro atoms. The summed E-state index contributed by atoms with van der Waals surface area (Å²) in [5.41, 5.74) is -4.09. The Morgan fingerprint density at radius 2 is 1.71 bits per heavy atom. The zero-order valence-corrected chi connectivity index (χ0v) is 15.1. The molecule has 0 aromatic heterocycles. The van der Waals surface area contributed by atoms with Crippen LogP contribution in [0.4, 0.5) is 13.2 Å². The molecule has 8 heteroatoms. The Kier molecular flexibility index (Phi) is 9.92. The van der Waals surface area contributed by atoms with E-state index in [1.165, 1.54) is 0 Å². The van der Waals surface area contributed by atoms with Crippen LogP contribution in [-0.4, -0.2) is 70.4 Å². The van der Waals surface area contributed by atoms with Gasteiger partial charge in [-0.2, -0.15) is 24.9 Å². The number of thioether (sulfide) groups is 2. The molecule has 0 saturated carbocycles. The van der Waals surface area contributed by atoms with Crippen molar-refractivity contribution < 1.29 is 13.2 Å². The molecule has 1 atom stereocenters. The molecule has 126 valence electrons. The van der Waals surface area contributed by atoms with E-state index in [-0.39, 0.29) is 17.0 Å². The van der Waals surface area contributed by atoms with E-state index in [2.05, 4.69) is 16.3 Å². The summed E-state index contributed by atoms with van der Waals surface area (Å²) < 4.78 is 38.8. The fraction of sp³-hybridized carbons (Fsp3) is 1.00. The van der Waals surface area contributed by atoms with Gasteiger partial charge in [0.2, 0.25) is 0 Å². The second-order valence-corrected chi connectivity index (χ2v) is 9.11. The largest absolute Gasteiger partial charge is 0.442 e. The van der Waals surface area contributed by atoms with Crippen LogP contribution in [0.2, 0.25) is 0 Å². The Morgan fingerprint density at radius 3 is 2.33 bits per heavy atom. The predicted molar refractivity (Wildman–Crippen MR) is 91.2 cm³/mol. The molecule has 21 heavy (non-hydrogen) atoms. The van der Waals surface area contributed by atoms with E-state index in [4.69, 9.17) is 0 Å². The number of rotatable bonds is 9. The van der Waals surface area contributed by atoms with Crippen LogP contribution >= 0.6 is 35.5 Å². The first kappa shape index (κ1) is 19.8. The Hall–Kier alpha value is 0.760. The molecule has 1 heterocycles. The van der Waals surface area contributed by atoms with Crippen LogP contribution in [-0.2, 0) is 0 Å². The van der Waals surface area contributed by atoms with Gasteiger partial charge in [0, 0.05) is 37.2 Å². The lowest BCUT2D eigenvalue weighted by atomic mass is 10.4. The van der Waals surface area contributed by atoms with E-state index in [1.54, 1.807) is 18.7 Å². The van der Waals surface area contributed by atoms with Gasteiger partial charge in [-0.25, -0.2) is 4.31 Å². The predicted octanol–water partition coefficient (Wildman–Crippen LogP) is 4.04. The number of alkyl halides is 3. The fourth-order valence-corrected chi connectivity index (χ4v) is 4.96. The Labute approximate surface area is 139 Å². The summed E-state index contributed by atoms with van der Waals surface area (Å²) >= 11 is 3.80. The highest BCUT2D eigenvalue weighted by Gasteiger charge is 2.30. The molecular weight excluding hydrogens is 337 g/mol. The zero-order chi connectivity index (χ0) is 15.7. The molecule has 1 fully saturated rings. The van der Waals surface area contributed by atoms with Crippen molar-refractivity contribution in [2.24, 2.45) is 0 Å². The van der Waals surface area contributed by atoms with Crippen LogP contribution in [0, 0.1) is 0 Å². The van der Waals surface area contributed by atoms with E-state index in [1.807, 2.05) is 11.9 Å². The minimum absolute atomic E-state index is 0.116. The highest BCUT2D eigenvalue weighted by molar-refractivity contribution is 8.01. The Bertz CT molecular complexity index is 272. The first-order valence-corrected chi connectivity index (χ1v) is 10.2. The Balaban J connectivity index is 1.88. The van der Waals surface area contributed by atoms with Gasteiger partial charge < -0.3 is 4.90 Å². The van der Waals surface area contributed by atoms with E-state index >= 15 is 0 Å². The number of hydrogen-bond acceptors (Lipinski definition) is 5. The standard InChI is InChI=1S/C13H25F3N2S3/c1-12(21-13(14,15)16)4-11-19-9-3-10-20-18-7-5-17(2)6-8-18/h12H,3-11H2,1-2H3. The van der Waals surface area contributed by atoms with Crippen molar-refractivity contribution in [2.45, 2.75) is 30.5 Å². The molecule has 2 nitrogen and oxygen atoms in total. The highest BCUT2D eigenvalue weighted by Crippen LogP contribution is 2.35. The van der Waals surface area contributed by atoms with E-state index in [0.717, 1.165) is 49.9 Å². The second kappa shape index (κ2) is 10.5. The third kappa shape index (κ3) is 11.0. The normalized spacial score (nSPS) is 19.9. The van der Waals surface area contributed by atoms with Gasteiger partial charge >= 0.3 is 5.51 Å². The molecule has 0 aliphatic carbocycles. The lowest BCUT2D eigenvalue weighted by Crippen LogP contribution is -2.41. The van der Waals surface area contributed by atoms with Gasteiger partial charge in [0.25, 0.3) is 0 Å². The highest BCUT2D eigenvalue weighted by atomic mass is 32.2. The van der Waals surface area contributed by atoms with Gasteiger partial charge in [-0.1, -0.05) is 18.9 Å². The van der Waals surface area contributed by atoms with Crippen molar-refractivity contribution in [3.8, 4) is 0 Å². The van der Waals surface area contributed by atoms with Gasteiger partial charge in [-0.15, -0.1) is 0 Å². The average Bonchev–Trinajstić information content (AvgIpc) is 2.37. The van der Waals surface area contributed by atoms with Crippen molar-refractivity contribution in [1.29, 1.82) is 0 Å². The maximum absolute atomic E-state index is 12.1. The first-order chi connectivity index (χ1) is 9.87. The van der Waals surface area contributed by atoms with Crippen molar-refractivity contribution >= 4 is 35.5 Å². The lowest BCUT2D eigenvalue weighted by molar-refractivity contribution is -0.0333. The van der Waals surface area contributed by atoms with Crippen molar-refractivity contribution in [3.63, 3.8) is 0 Å². The minimum Gasteiger partial charge on any atom is -0.304 e. The molecule has 0 amide bonds. The average molecular weight is 363 g/mol. The third-order valence-electron chi connectivity index (χ3n) is 3.17. The molecule has 1 aliphatic rings. The SMILES string of the molecule is CC(CCSCCCSN1CCN(C)CC1)SC(F)(F)F. The quantitative estimate of drug-likeness (QED) is 0.450. The molecular formula is C13H25F3N2S3. The number of halogens is 3. The van der Waals surface area contributed by atoms with Gasteiger partial charge in [-0.05, 0) is 43.2 Å². The van der Waals surface area contributed by atoms with Crippen LogP contribution in [0.25, 0.3) is 0 Å². The summed E-state index contributed by atoms with van der Waals surface area (Å²) in [5, 5.41) is -0.336. The first-order valence-electron chi connectivity index (χ1n) is 7.25. The zero-order valence-electron chi connectivity index (χ0n) is 12.7. The van der Waals surface area contributed by atoms with E-state index < -0.39 is 5.51 Å². The minimum atomic E-state index is -4.09. The summed E-state index contributed by atoms with van der Waals surface area (Å²) in [6, 6.07) is 0. The fourth-order valence-electron chi connectivity index (χ4n) is 1.91. The number of hydrogen-bond donors (Lipinski definition) is 0. The Morgan fingerprint density at radius 1 is 1.05 bits per heavy atom. The smallest absolute Gasteiger partial charge is 0.304 e. The van der Waals surface area contributed by atoms with E-state index in [9.17, 15) is 13.2 Å². The maximum Gasteiger partial charge on any atom is 0.442 e. The summed E-state index contributed by atoms with van der Waals surface area (Å²) in [4.78, 5) is 2.34. The molecule has 0 aromatic carbocycles. The molecule has 1 unspecified atom stereocenters. The third-order valence-corrected chi connectivity index (χ3v) is 6.38. The summed E-state index contributed by atoms with van der Waals surface area (Å²) in [5.74, 6) is 2.98. The monoisotopic (exact) mass is 362 g/mol. The van der Waals surface area contributed by atoms with Gasteiger partial charge in [0.05, 0.1) is 0 Å². The van der Waals surface area contributed by atoms with Crippen LogP contribution in [0.15, 0.2) is 0 Å². The second-order valence-electron chi connectivity index (χ2n) is 5.19. The molecule has 1 saturated heterocycles. The van der Waals surface area contributed by atoms with Crippen LogP contribution in [0.1, 0.15) is 19.8 Å². The van der Waals surface area contributed by atoms with Crippen LogP contribution in [0.3, 0.4) is 0 Å². The lowest BCUT2D eigenvalue weighted by Gasteiger charge is -2.31. The maximum atomic E-state index is 12.1. The summed E-state index contributed by atoms with van der Waals surface area (Å²) in [6.45, 7) is 6.18. The van der Waals surface area contributed by atoms with Crippen molar-refractivity contribution in [2.75, 3.05) is 50.5 Å². The molecule has 0 N–H and O–H groups in total. The molecule has 1 aliphatic heterocycles. The molecule has 0 radical (unpaired) electrons.